The third kappa shape index (κ3) is 4.88. The Morgan fingerprint density at radius 2 is 1.88 bits per heavy atom. The van der Waals surface area contributed by atoms with Crippen LogP contribution in [0, 0.1) is 11.7 Å². The molecule has 0 heterocycles. The van der Waals surface area contributed by atoms with Crippen LogP contribution in [0.4, 0.5) is 15.8 Å². The van der Waals surface area contributed by atoms with Crippen LogP contribution in [0.2, 0.25) is 0 Å². The minimum atomic E-state index is -0.295. The van der Waals surface area contributed by atoms with Gasteiger partial charge in [0.05, 0.1) is 12.6 Å². The third-order valence-corrected chi connectivity index (χ3v) is 4.71. The molecule has 2 N–H and O–H groups in total. The van der Waals surface area contributed by atoms with Crippen molar-refractivity contribution in [2.45, 2.75) is 32.2 Å². The standard InChI is InChI=1S/C21H28FN3O/c1-4-20(24-23-17-8-10-18(11-9-17)25(2)3)16-7-12-19(22)21(13-16)26-14-15-5-6-15/h7-13,15,20,23-24H,4-6,14H2,1-3H3. The smallest absolute Gasteiger partial charge is 0.165 e. The molecule has 0 saturated heterocycles. The molecule has 26 heavy (non-hydrogen) atoms. The van der Waals surface area contributed by atoms with Crippen molar-refractivity contribution in [3.05, 3.63) is 53.8 Å². The highest BCUT2D eigenvalue weighted by Gasteiger charge is 2.23. The van der Waals surface area contributed by atoms with Crippen molar-refractivity contribution in [2.24, 2.45) is 5.92 Å². The molecule has 1 unspecified atom stereocenters. The Hall–Kier alpha value is -2.27. The molecule has 0 aromatic heterocycles. The average molecular weight is 357 g/mol. The van der Waals surface area contributed by atoms with E-state index in [4.69, 9.17) is 4.74 Å². The van der Waals surface area contributed by atoms with E-state index in [-0.39, 0.29) is 11.9 Å². The number of anilines is 2. The quantitative estimate of drug-likeness (QED) is 0.635. The van der Waals surface area contributed by atoms with Gasteiger partial charge in [0.15, 0.2) is 11.6 Å². The molecular weight excluding hydrogens is 329 g/mol. The van der Waals surface area contributed by atoms with Crippen molar-refractivity contribution in [2.75, 3.05) is 31.0 Å². The third-order valence-electron chi connectivity index (χ3n) is 4.71. The summed E-state index contributed by atoms with van der Waals surface area (Å²) in [5.74, 6) is 0.659. The zero-order chi connectivity index (χ0) is 18.5. The van der Waals surface area contributed by atoms with Gasteiger partial charge in [-0.25, -0.2) is 9.82 Å². The van der Waals surface area contributed by atoms with Crippen LogP contribution < -0.4 is 20.5 Å². The Morgan fingerprint density at radius 1 is 1.15 bits per heavy atom. The Morgan fingerprint density at radius 3 is 2.50 bits per heavy atom. The van der Waals surface area contributed by atoms with E-state index >= 15 is 0 Å². The van der Waals surface area contributed by atoms with Crippen LogP contribution in [-0.2, 0) is 0 Å². The molecule has 0 bridgehead atoms. The maximum atomic E-state index is 14.0. The van der Waals surface area contributed by atoms with E-state index < -0.39 is 0 Å². The first-order chi connectivity index (χ1) is 12.6. The van der Waals surface area contributed by atoms with Crippen LogP contribution in [-0.4, -0.2) is 20.7 Å². The number of halogens is 1. The Kier molecular flexibility index (Phi) is 5.99. The maximum Gasteiger partial charge on any atom is 0.165 e. The summed E-state index contributed by atoms with van der Waals surface area (Å²) in [4.78, 5) is 2.06. The summed E-state index contributed by atoms with van der Waals surface area (Å²) in [7, 11) is 4.04. The predicted molar refractivity (Wildman–Crippen MR) is 105 cm³/mol. The van der Waals surface area contributed by atoms with E-state index in [0.717, 1.165) is 23.4 Å². The molecule has 0 radical (unpaired) electrons. The van der Waals surface area contributed by atoms with E-state index in [9.17, 15) is 4.39 Å². The molecule has 3 rings (SSSR count). The molecule has 1 aliphatic carbocycles. The molecular formula is C21H28FN3O. The Balaban J connectivity index is 1.63. The van der Waals surface area contributed by atoms with E-state index in [1.54, 1.807) is 0 Å². The first-order valence-electron chi connectivity index (χ1n) is 9.28. The highest BCUT2D eigenvalue weighted by Crippen LogP contribution is 2.31. The fourth-order valence-electron chi connectivity index (χ4n) is 2.77. The van der Waals surface area contributed by atoms with Crippen LogP contribution in [0.5, 0.6) is 5.75 Å². The van der Waals surface area contributed by atoms with Gasteiger partial charge in [-0.3, -0.25) is 0 Å². The van der Waals surface area contributed by atoms with E-state index in [1.165, 1.54) is 18.9 Å². The van der Waals surface area contributed by atoms with Crippen molar-refractivity contribution < 1.29 is 9.13 Å². The minimum absolute atomic E-state index is 0.0624. The van der Waals surface area contributed by atoms with Gasteiger partial charge >= 0.3 is 0 Å². The Bertz CT molecular complexity index is 714. The summed E-state index contributed by atoms with van der Waals surface area (Å²) in [5, 5.41) is 0. The molecule has 1 saturated carbocycles. The fourth-order valence-corrected chi connectivity index (χ4v) is 2.77. The van der Waals surface area contributed by atoms with Crippen molar-refractivity contribution in [3.8, 4) is 5.75 Å². The van der Waals surface area contributed by atoms with Gasteiger partial charge in [0.2, 0.25) is 0 Å². The zero-order valence-corrected chi connectivity index (χ0v) is 15.8. The van der Waals surface area contributed by atoms with Crippen LogP contribution in [0.15, 0.2) is 42.5 Å². The molecule has 4 nitrogen and oxygen atoms in total. The van der Waals surface area contributed by atoms with E-state index in [2.05, 4.69) is 34.8 Å². The summed E-state index contributed by atoms with van der Waals surface area (Å²) in [6.45, 7) is 2.71. The summed E-state index contributed by atoms with van der Waals surface area (Å²) in [5.41, 5.74) is 9.73. The van der Waals surface area contributed by atoms with Crippen molar-refractivity contribution in [1.82, 2.24) is 5.43 Å². The lowest BCUT2D eigenvalue weighted by molar-refractivity contribution is 0.284. The molecule has 1 atom stereocenters. The van der Waals surface area contributed by atoms with Crippen LogP contribution in [0.25, 0.3) is 0 Å². The van der Waals surface area contributed by atoms with E-state index in [1.807, 2.05) is 38.4 Å². The number of hydrogen-bond acceptors (Lipinski definition) is 4. The molecule has 0 aliphatic heterocycles. The summed E-state index contributed by atoms with van der Waals surface area (Å²) < 4.78 is 19.7. The van der Waals surface area contributed by atoms with Crippen molar-refractivity contribution in [3.63, 3.8) is 0 Å². The number of benzene rings is 2. The lowest BCUT2D eigenvalue weighted by Gasteiger charge is -2.20. The monoisotopic (exact) mass is 357 g/mol. The second kappa shape index (κ2) is 8.41. The topological polar surface area (TPSA) is 36.5 Å². The van der Waals surface area contributed by atoms with Gasteiger partial charge in [0, 0.05) is 25.5 Å². The molecule has 140 valence electrons. The lowest BCUT2D eigenvalue weighted by atomic mass is 10.0. The number of hydrazine groups is 1. The highest BCUT2D eigenvalue weighted by atomic mass is 19.1. The predicted octanol–water partition coefficient (Wildman–Crippen LogP) is 4.75. The van der Waals surface area contributed by atoms with Crippen molar-refractivity contribution in [1.29, 1.82) is 0 Å². The van der Waals surface area contributed by atoms with Crippen LogP contribution in [0.3, 0.4) is 0 Å². The number of nitrogens with one attached hydrogen (secondary N) is 2. The maximum absolute atomic E-state index is 14.0. The second-order valence-electron chi connectivity index (χ2n) is 7.12. The molecule has 2 aromatic carbocycles. The van der Waals surface area contributed by atoms with Crippen LogP contribution >= 0.6 is 0 Å². The second-order valence-corrected chi connectivity index (χ2v) is 7.12. The van der Waals surface area contributed by atoms with Gasteiger partial charge in [-0.15, -0.1) is 0 Å². The zero-order valence-electron chi connectivity index (χ0n) is 15.8. The van der Waals surface area contributed by atoms with E-state index in [0.29, 0.717) is 18.3 Å². The highest BCUT2D eigenvalue weighted by molar-refractivity contribution is 5.54. The number of nitrogens with zero attached hydrogens (tertiary/aromatic N) is 1. The molecule has 0 spiro atoms. The fraction of sp³-hybridized carbons (Fsp3) is 0.429. The van der Waals surface area contributed by atoms with Gasteiger partial charge in [0.1, 0.15) is 0 Å². The first-order valence-corrected chi connectivity index (χ1v) is 9.28. The molecule has 0 amide bonds. The summed E-state index contributed by atoms with van der Waals surface area (Å²) in [6, 6.07) is 13.4. The Labute approximate surface area is 155 Å². The van der Waals surface area contributed by atoms with Gasteiger partial charge in [0.25, 0.3) is 0 Å². The molecule has 2 aromatic rings. The normalized spacial score (nSPS) is 14.8. The molecule has 1 aliphatic rings. The molecule has 5 heteroatoms. The number of hydrogen-bond donors (Lipinski definition) is 2. The van der Waals surface area contributed by atoms with Crippen LogP contribution in [0.1, 0.15) is 37.8 Å². The van der Waals surface area contributed by atoms with Gasteiger partial charge in [-0.05, 0) is 67.1 Å². The van der Waals surface area contributed by atoms with Gasteiger partial charge in [-0.2, -0.15) is 0 Å². The lowest BCUT2D eigenvalue weighted by Crippen LogP contribution is -2.27. The summed E-state index contributed by atoms with van der Waals surface area (Å²) in [6.07, 6.45) is 3.25. The molecule has 1 fully saturated rings. The largest absolute Gasteiger partial charge is 0.490 e. The van der Waals surface area contributed by atoms with Crippen molar-refractivity contribution >= 4 is 11.4 Å². The van der Waals surface area contributed by atoms with Gasteiger partial charge in [-0.1, -0.05) is 13.0 Å². The number of ether oxygens (including phenoxy) is 1. The minimum Gasteiger partial charge on any atom is -0.490 e. The average Bonchev–Trinajstić information content (AvgIpc) is 3.47. The number of rotatable bonds is 9. The first kappa shape index (κ1) is 18.5. The summed E-state index contributed by atoms with van der Waals surface area (Å²) >= 11 is 0. The van der Waals surface area contributed by atoms with Gasteiger partial charge < -0.3 is 15.1 Å². The SMILES string of the molecule is CCC(NNc1ccc(N(C)C)cc1)c1ccc(F)c(OCC2CC2)c1.